The van der Waals surface area contributed by atoms with E-state index in [1.807, 2.05) is 0 Å². The van der Waals surface area contributed by atoms with Crippen LogP contribution >= 0.6 is 0 Å². The summed E-state index contributed by atoms with van der Waals surface area (Å²) < 4.78 is 8.93. The molecule has 3 aromatic carbocycles. The van der Waals surface area contributed by atoms with Gasteiger partial charge in [-0.05, 0) is 73.4 Å². The van der Waals surface area contributed by atoms with Gasteiger partial charge in [-0.15, -0.1) is 0 Å². The summed E-state index contributed by atoms with van der Waals surface area (Å²) >= 11 is 0. The molecule has 0 spiro atoms. The minimum atomic E-state index is 0.614. The second kappa shape index (κ2) is 6.32. The van der Waals surface area contributed by atoms with Gasteiger partial charge in [0.05, 0.1) is 5.56 Å². The molecule has 2 heterocycles. The molecule has 0 amide bonds. The van der Waals surface area contributed by atoms with E-state index in [4.69, 9.17) is 4.74 Å². The second-order valence-corrected chi connectivity index (χ2v) is 9.09. The van der Waals surface area contributed by atoms with Crippen molar-refractivity contribution < 1.29 is 9.30 Å². The number of pyridine rings is 1. The fraction of sp³-hybridized carbons (Fsp3) is 0.296. The third kappa shape index (κ3) is 2.73. The minimum Gasteiger partial charge on any atom is -0.449 e. The van der Waals surface area contributed by atoms with Gasteiger partial charge in [0.1, 0.15) is 12.8 Å². The fourth-order valence-electron chi connectivity index (χ4n) is 4.81. The Bertz CT molecular complexity index is 1310. The number of aromatic nitrogens is 1. The summed E-state index contributed by atoms with van der Waals surface area (Å²) in [6, 6.07) is 13.5. The lowest BCUT2D eigenvalue weighted by Gasteiger charge is -2.24. The molecule has 0 saturated carbocycles. The number of rotatable bonds is 2. The van der Waals surface area contributed by atoms with E-state index in [-0.39, 0.29) is 0 Å². The summed E-state index contributed by atoms with van der Waals surface area (Å²) in [6.45, 7) is 11.2. The molecular formula is C27H28NO+. The highest BCUT2D eigenvalue weighted by Crippen LogP contribution is 2.50. The topological polar surface area (TPSA) is 13.1 Å². The first kappa shape index (κ1) is 18.2. The molecule has 1 aromatic heterocycles. The van der Waals surface area contributed by atoms with Gasteiger partial charge < -0.3 is 4.74 Å². The molecule has 0 unspecified atom stereocenters. The lowest BCUT2D eigenvalue weighted by atomic mass is 9.88. The number of benzene rings is 3. The van der Waals surface area contributed by atoms with E-state index in [2.05, 4.69) is 88.8 Å². The first-order valence-electron chi connectivity index (χ1n) is 10.5. The summed E-state index contributed by atoms with van der Waals surface area (Å²) in [7, 11) is 2.13. The lowest BCUT2D eigenvalue weighted by Crippen LogP contribution is -2.32. The first-order chi connectivity index (χ1) is 13.8. The second-order valence-electron chi connectivity index (χ2n) is 9.09. The van der Waals surface area contributed by atoms with E-state index >= 15 is 0 Å². The Kier molecular flexibility index (Phi) is 3.96. The van der Waals surface area contributed by atoms with Crippen LogP contribution in [0, 0.1) is 26.7 Å². The fourth-order valence-corrected chi connectivity index (χ4v) is 4.81. The Morgan fingerprint density at radius 3 is 2.52 bits per heavy atom. The van der Waals surface area contributed by atoms with Crippen LogP contribution in [0.3, 0.4) is 0 Å². The maximum absolute atomic E-state index is 6.69. The molecule has 4 aromatic rings. The molecule has 0 atom stereocenters. The van der Waals surface area contributed by atoms with Gasteiger partial charge in [-0.2, -0.15) is 4.57 Å². The Balaban J connectivity index is 1.93. The Morgan fingerprint density at radius 2 is 1.76 bits per heavy atom. The number of fused-ring (bicyclic) bond motifs is 4. The van der Waals surface area contributed by atoms with Crippen LogP contribution in [0.5, 0.6) is 11.5 Å². The Hall–Kier alpha value is -2.87. The molecule has 0 radical (unpaired) electrons. The van der Waals surface area contributed by atoms with Crippen LogP contribution in [0.25, 0.3) is 32.8 Å². The van der Waals surface area contributed by atoms with E-state index in [0.717, 1.165) is 17.9 Å². The van der Waals surface area contributed by atoms with Gasteiger partial charge in [0.15, 0.2) is 6.20 Å². The van der Waals surface area contributed by atoms with Crippen LogP contribution in [-0.4, -0.2) is 0 Å². The van der Waals surface area contributed by atoms with Crippen molar-refractivity contribution in [2.45, 2.75) is 41.0 Å². The van der Waals surface area contributed by atoms with Crippen molar-refractivity contribution in [3.63, 3.8) is 0 Å². The minimum absolute atomic E-state index is 0.614. The average Bonchev–Trinajstić information content (AvgIpc) is 2.65. The Morgan fingerprint density at radius 1 is 0.966 bits per heavy atom. The third-order valence-electron chi connectivity index (χ3n) is 6.23. The van der Waals surface area contributed by atoms with Gasteiger partial charge >= 0.3 is 0 Å². The van der Waals surface area contributed by atoms with E-state index in [1.54, 1.807) is 0 Å². The summed E-state index contributed by atoms with van der Waals surface area (Å²) in [5, 5.41) is 4.93. The molecule has 5 rings (SSSR count). The molecular weight excluding hydrogens is 354 g/mol. The summed E-state index contributed by atoms with van der Waals surface area (Å²) in [4.78, 5) is 0. The van der Waals surface area contributed by atoms with Gasteiger partial charge in [0, 0.05) is 16.2 Å². The smallest absolute Gasteiger partial charge is 0.257 e. The number of hydrogen-bond acceptors (Lipinski definition) is 1. The van der Waals surface area contributed by atoms with Gasteiger partial charge in [-0.1, -0.05) is 37.6 Å². The number of ether oxygens (including phenoxy) is 1. The van der Waals surface area contributed by atoms with Crippen LogP contribution in [0.15, 0.2) is 42.6 Å². The molecule has 0 saturated heterocycles. The van der Waals surface area contributed by atoms with Crippen molar-refractivity contribution in [1.29, 1.82) is 0 Å². The molecule has 29 heavy (non-hydrogen) atoms. The molecule has 2 nitrogen and oxygen atoms in total. The van der Waals surface area contributed by atoms with Gasteiger partial charge in [0.25, 0.3) is 5.69 Å². The highest BCUT2D eigenvalue weighted by atomic mass is 16.5. The van der Waals surface area contributed by atoms with E-state index in [0.29, 0.717) is 5.92 Å². The zero-order chi connectivity index (χ0) is 20.4. The normalized spacial score (nSPS) is 12.5. The highest BCUT2D eigenvalue weighted by molar-refractivity contribution is 6.07. The van der Waals surface area contributed by atoms with Crippen LogP contribution in [0.2, 0.25) is 0 Å². The van der Waals surface area contributed by atoms with Crippen LogP contribution in [0.1, 0.15) is 36.1 Å². The van der Waals surface area contributed by atoms with Crippen molar-refractivity contribution in [3.8, 4) is 22.8 Å². The first-order valence-corrected chi connectivity index (χ1v) is 10.5. The lowest BCUT2D eigenvalue weighted by molar-refractivity contribution is -0.659. The van der Waals surface area contributed by atoms with Gasteiger partial charge in [-0.3, -0.25) is 0 Å². The zero-order valence-corrected chi connectivity index (χ0v) is 18.2. The monoisotopic (exact) mass is 382 g/mol. The molecule has 0 bridgehead atoms. The predicted octanol–water partition coefficient (Wildman–Crippen LogP) is 6.71. The predicted molar refractivity (Wildman–Crippen MR) is 121 cm³/mol. The summed E-state index contributed by atoms with van der Waals surface area (Å²) in [5.74, 6) is 2.60. The maximum atomic E-state index is 6.69. The van der Waals surface area contributed by atoms with Gasteiger partial charge in [-0.25, -0.2) is 0 Å². The molecule has 146 valence electrons. The van der Waals surface area contributed by atoms with E-state index < -0.39 is 0 Å². The number of nitrogens with zero attached hydrogens (tertiary/aromatic N) is 1. The summed E-state index contributed by atoms with van der Waals surface area (Å²) in [6.07, 6.45) is 3.28. The molecule has 0 fully saturated rings. The van der Waals surface area contributed by atoms with Crippen molar-refractivity contribution in [2.24, 2.45) is 13.0 Å². The van der Waals surface area contributed by atoms with Crippen molar-refractivity contribution >= 4 is 21.5 Å². The molecule has 1 aliphatic rings. The SMILES string of the molecule is Cc1ccc2c[n+](C)c3c(c2c1)Oc1cc(CC(C)C)cc2cc(C)c(C)c-3c12. The molecule has 2 heteroatoms. The standard InChI is InChI=1S/C27H28NO/c1-15(2)9-19-12-21-11-17(4)18(5)24-25(21)23(13-19)29-27-22-10-16(3)7-8-20(22)14-28(6)26(24)27/h7-8,10-15H,9H2,1-6H3/q+1. The van der Waals surface area contributed by atoms with Crippen molar-refractivity contribution in [2.75, 3.05) is 0 Å². The quantitative estimate of drug-likeness (QED) is 0.309. The van der Waals surface area contributed by atoms with E-state index in [1.165, 1.54) is 55.1 Å². The molecule has 1 aliphatic heterocycles. The van der Waals surface area contributed by atoms with Crippen molar-refractivity contribution in [3.05, 3.63) is 64.8 Å². The maximum Gasteiger partial charge on any atom is 0.257 e. The average molecular weight is 383 g/mol. The highest BCUT2D eigenvalue weighted by Gasteiger charge is 2.32. The van der Waals surface area contributed by atoms with Crippen LogP contribution in [-0.2, 0) is 13.5 Å². The van der Waals surface area contributed by atoms with Gasteiger partial charge in [0.2, 0.25) is 5.75 Å². The molecule has 0 aliphatic carbocycles. The Labute approximate surface area is 172 Å². The van der Waals surface area contributed by atoms with Crippen LogP contribution < -0.4 is 9.30 Å². The number of hydrogen-bond donors (Lipinski definition) is 0. The third-order valence-corrected chi connectivity index (χ3v) is 6.23. The van der Waals surface area contributed by atoms with Crippen LogP contribution in [0.4, 0.5) is 0 Å². The summed E-state index contributed by atoms with van der Waals surface area (Å²) in [5.41, 5.74) is 7.76. The zero-order valence-electron chi connectivity index (χ0n) is 18.2. The number of aryl methyl sites for hydroxylation is 3. The van der Waals surface area contributed by atoms with Crippen molar-refractivity contribution in [1.82, 2.24) is 0 Å². The largest absolute Gasteiger partial charge is 0.449 e. The van der Waals surface area contributed by atoms with E-state index in [9.17, 15) is 0 Å². The molecule has 0 N–H and O–H groups in total.